The van der Waals surface area contributed by atoms with E-state index in [0.29, 0.717) is 23.1 Å². The fraction of sp³-hybridized carbons (Fsp3) is 0.450. The van der Waals surface area contributed by atoms with Crippen molar-refractivity contribution in [1.82, 2.24) is 14.9 Å². The third-order valence-corrected chi connectivity index (χ3v) is 4.11. The van der Waals surface area contributed by atoms with Crippen LogP contribution in [0.1, 0.15) is 49.2 Å². The van der Waals surface area contributed by atoms with Crippen LogP contribution in [0.15, 0.2) is 30.3 Å². The molecule has 140 valence electrons. The van der Waals surface area contributed by atoms with E-state index in [1.54, 1.807) is 14.1 Å². The zero-order valence-electron chi connectivity index (χ0n) is 16.2. The molecule has 6 nitrogen and oxygen atoms in total. The maximum absolute atomic E-state index is 11.8. The molecule has 0 spiro atoms. The molecule has 1 heterocycles. The first kappa shape index (κ1) is 19.7. The second-order valence-corrected chi connectivity index (χ2v) is 6.56. The number of anilines is 1. The second-order valence-electron chi connectivity index (χ2n) is 6.56. The zero-order valence-corrected chi connectivity index (χ0v) is 16.2. The largest absolute Gasteiger partial charge is 0.414 e. The predicted molar refractivity (Wildman–Crippen MR) is 104 cm³/mol. The van der Waals surface area contributed by atoms with Crippen LogP contribution in [0.4, 0.5) is 10.7 Å². The van der Waals surface area contributed by atoms with Crippen molar-refractivity contribution in [2.75, 3.05) is 19.4 Å². The fourth-order valence-electron chi connectivity index (χ4n) is 2.67. The lowest BCUT2D eigenvalue weighted by Gasteiger charge is -2.20. The van der Waals surface area contributed by atoms with Crippen LogP contribution in [-0.2, 0) is 0 Å². The highest BCUT2D eigenvalue weighted by atomic mass is 16.6. The topological polar surface area (TPSA) is 67.4 Å². The van der Waals surface area contributed by atoms with Gasteiger partial charge in [-0.05, 0) is 25.8 Å². The number of amides is 1. The van der Waals surface area contributed by atoms with E-state index in [-0.39, 0.29) is 6.04 Å². The first-order valence-corrected chi connectivity index (χ1v) is 8.98. The molecule has 1 atom stereocenters. The van der Waals surface area contributed by atoms with E-state index in [0.717, 1.165) is 19.3 Å². The Balaban J connectivity index is 2.22. The Bertz CT molecular complexity index is 709. The van der Waals surface area contributed by atoms with Crippen molar-refractivity contribution in [3.8, 4) is 5.75 Å². The molecule has 1 aromatic carbocycles. The van der Waals surface area contributed by atoms with Crippen molar-refractivity contribution >= 4 is 12.0 Å². The Morgan fingerprint density at radius 1 is 1.15 bits per heavy atom. The number of benzene rings is 1. The summed E-state index contributed by atoms with van der Waals surface area (Å²) >= 11 is 0. The molecular weight excluding hydrogens is 328 g/mol. The van der Waals surface area contributed by atoms with E-state index >= 15 is 0 Å². The average Bonchev–Trinajstić information content (AvgIpc) is 2.62. The van der Waals surface area contributed by atoms with E-state index in [9.17, 15) is 4.79 Å². The third-order valence-electron chi connectivity index (χ3n) is 4.11. The van der Waals surface area contributed by atoms with Crippen LogP contribution in [0, 0.1) is 13.8 Å². The number of unbranched alkanes of at least 4 members (excludes halogenated alkanes) is 1. The number of hydrogen-bond donors (Lipinski definition) is 1. The molecule has 1 aromatic heterocycles. The standard InChI is InChI=1S/C20H28N4O2/c1-6-7-13-17(16-11-9-8-10-12-16)23-19-21-14(2)18(15(3)22-19)26-20(25)24(4)5/h8-12,17H,6-7,13H2,1-5H3,(H,21,22,23). The summed E-state index contributed by atoms with van der Waals surface area (Å²) < 4.78 is 5.38. The maximum atomic E-state index is 11.8. The summed E-state index contributed by atoms with van der Waals surface area (Å²) in [6.07, 6.45) is 2.80. The molecule has 1 N–H and O–H groups in total. The molecule has 0 bridgehead atoms. The number of carbonyl (C=O) groups excluding carboxylic acids is 1. The molecule has 0 saturated carbocycles. The van der Waals surface area contributed by atoms with Gasteiger partial charge >= 0.3 is 6.09 Å². The summed E-state index contributed by atoms with van der Waals surface area (Å²) in [7, 11) is 3.28. The molecule has 2 aromatic rings. The number of carbonyl (C=O) groups is 1. The Morgan fingerprint density at radius 3 is 2.31 bits per heavy atom. The number of aryl methyl sites for hydroxylation is 2. The van der Waals surface area contributed by atoms with Crippen LogP contribution in [0.25, 0.3) is 0 Å². The van der Waals surface area contributed by atoms with E-state index in [4.69, 9.17) is 4.74 Å². The van der Waals surface area contributed by atoms with Crippen LogP contribution < -0.4 is 10.1 Å². The minimum Gasteiger partial charge on any atom is -0.406 e. The lowest BCUT2D eigenvalue weighted by Crippen LogP contribution is -2.26. The number of rotatable bonds is 7. The summed E-state index contributed by atoms with van der Waals surface area (Å²) in [5.41, 5.74) is 2.48. The first-order valence-electron chi connectivity index (χ1n) is 8.98. The molecule has 0 saturated heterocycles. The lowest BCUT2D eigenvalue weighted by atomic mass is 10.0. The number of nitrogens with one attached hydrogen (secondary N) is 1. The van der Waals surface area contributed by atoms with E-state index < -0.39 is 6.09 Å². The fourth-order valence-corrected chi connectivity index (χ4v) is 2.67. The Kier molecular flexibility index (Phi) is 6.95. The summed E-state index contributed by atoms with van der Waals surface area (Å²) in [6, 6.07) is 10.5. The summed E-state index contributed by atoms with van der Waals surface area (Å²) in [6.45, 7) is 5.82. The Hall–Kier alpha value is -2.63. The van der Waals surface area contributed by atoms with Gasteiger partial charge in [0.15, 0.2) is 5.75 Å². The molecule has 6 heteroatoms. The van der Waals surface area contributed by atoms with Crippen molar-refractivity contribution in [1.29, 1.82) is 0 Å². The van der Waals surface area contributed by atoms with Gasteiger partial charge in [-0.2, -0.15) is 0 Å². The minimum absolute atomic E-state index is 0.144. The van der Waals surface area contributed by atoms with Gasteiger partial charge in [0.2, 0.25) is 5.95 Å². The predicted octanol–water partition coefficient (Wildman–Crippen LogP) is 4.50. The van der Waals surface area contributed by atoms with Gasteiger partial charge in [0.25, 0.3) is 0 Å². The van der Waals surface area contributed by atoms with Gasteiger partial charge in [0.1, 0.15) is 0 Å². The van der Waals surface area contributed by atoms with Gasteiger partial charge in [-0.3, -0.25) is 0 Å². The van der Waals surface area contributed by atoms with E-state index in [1.165, 1.54) is 10.5 Å². The van der Waals surface area contributed by atoms with Crippen molar-refractivity contribution in [2.24, 2.45) is 0 Å². The quantitative estimate of drug-likeness (QED) is 0.791. The highest BCUT2D eigenvalue weighted by Crippen LogP contribution is 2.26. The SMILES string of the molecule is CCCCC(Nc1nc(C)c(OC(=O)N(C)C)c(C)n1)c1ccccc1. The molecule has 0 aliphatic rings. The number of hydrogen-bond acceptors (Lipinski definition) is 5. The summed E-state index contributed by atoms with van der Waals surface area (Å²) in [5, 5.41) is 3.44. The van der Waals surface area contributed by atoms with Gasteiger partial charge in [0.05, 0.1) is 17.4 Å². The van der Waals surface area contributed by atoms with Crippen LogP contribution in [-0.4, -0.2) is 35.1 Å². The number of nitrogens with zero attached hydrogens (tertiary/aromatic N) is 3. The van der Waals surface area contributed by atoms with Crippen LogP contribution in [0.5, 0.6) is 5.75 Å². The van der Waals surface area contributed by atoms with Gasteiger partial charge in [-0.1, -0.05) is 50.1 Å². The smallest absolute Gasteiger partial charge is 0.406 e. The monoisotopic (exact) mass is 356 g/mol. The highest BCUT2D eigenvalue weighted by Gasteiger charge is 2.17. The first-order chi connectivity index (χ1) is 12.4. The lowest BCUT2D eigenvalue weighted by molar-refractivity contribution is 0.171. The molecule has 1 amide bonds. The molecule has 0 radical (unpaired) electrons. The van der Waals surface area contributed by atoms with E-state index in [2.05, 4.69) is 34.3 Å². The van der Waals surface area contributed by atoms with Crippen LogP contribution in [0.2, 0.25) is 0 Å². The van der Waals surface area contributed by atoms with Crippen molar-refractivity contribution in [3.05, 3.63) is 47.3 Å². The second kappa shape index (κ2) is 9.17. The molecule has 0 aliphatic carbocycles. The van der Waals surface area contributed by atoms with E-state index in [1.807, 2.05) is 32.0 Å². The van der Waals surface area contributed by atoms with Crippen LogP contribution >= 0.6 is 0 Å². The molecular formula is C20H28N4O2. The maximum Gasteiger partial charge on any atom is 0.414 e. The number of aromatic nitrogens is 2. The Labute approximate surface area is 155 Å². The number of ether oxygens (including phenoxy) is 1. The summed E-state index contributed by atoms with van der Waals surface area (Å²) in [5.74, 6) is 0.966. The molecule has 0 fully saturated rings. The van der Waals surface area contributed by atoms with Crippen molar-refractivity contribution in [2.45, 2.75) is 46.1 Å². The third kappa shape index (κ3) is 5.18. The highest BCUT2D eigenvalue weighted by molar-refractivity contribution is 5.70. The Morgan fingerprint density at radius 2 is 1.77 bits per heavy atom. The average molecular weight is 356 g/mol. The zero-order chi connectivity index (χ0) is 19.1. The molecule has 1 unspecified atom stereocenters. The van der Waals surface area contributed by atoms with Gasteiger partial charge < -0.3 is 15.0 Å². The van der Waals surface area contributed by atoms with Crippen molar-refractivity contribution in [3.63, 3.8) is 0 Å². The molecule has 26 heavy (non-hydrogen) atoms. The van der Waals surface area contributed by atoms with Gasteiger partial charge in [-0.25, -0.2) is 14.8 Å². The van der Waals surface area contributed by atoms with Gasteiger partial charge in [0, 0.05) is 14.1 Å². The van der Waals surface area contributed by atoms with Crippen LogP contribution in [0.3, 0.4) is 0 Å². The molecule has 2 rings (SSSR count). The van der Waals surface area contributed by atoms with Crippen molar-refractivity contribution < 1.29 is 9.53 Å². The normalized spacial score (nSPS) is 11.7. The summed E-state index contributed by atoms with van der Waals surface area (Å²) in [4.78, 5) is 22.2. The van der Waals surface area contributed by atoms with Gasteiger partial charge in [-0.15, -0.1) is 0 Å². The molecule has 0 aliphatic heterocycles. The minimum atomic E-state index is -0.439.